The molecule has 3 nitrogen and oxygen atoms in total. The van der Waals surface area contributed by atoms with Crippen LogP contribution in [0.5, 0.6) is 0 Å². The SMILES string of the molecule is CC(C)c1cc2ccccc2c(S(=O)(=O)O)c1C(C)C.[MgH2]. The van der Waals surface area contributed by atoms with Gasteiger partial charge in [0.25, 0.3) is 10.1 Å². The summed E-state index contributed by atoms with van der Waals surface area (Å²) in [5, 5.41) is 1.43. The zero-order chi connectivity index (χ0) is 15.1. The summed E-state index contributed by atoms with van der Waals surface area (Å²) in [6.07, 6.45) is 0. The van der Waals surface area contributed by atoms with Gasteiger partial charge in [0, 0.05) is 5.39 Å². The highest BCUT2D eigenvalue weighted by molar-refractivity contribution is 7.86. The molecule has 0 aliphatic heterocycles. The van der Waals surface area contributed by atoms with Crippen molar-refractivity contribution in [1.82, 2.24) is 0 Å². The molecule has 0 aromatic heterocycles. The van der Waals surface area contributed by atoms with Crippen LogP contribution < -0.4 is 0 Å². The molecule has 2 aromatic carbocycles. The molecule has 21 heavy (non-hydrogen) atoms. The van der Waals surface area contributed by atoms with Crippen molar-refractivity contribution in [3.63, 3.8) is 0 Å². The van der Waals surface area contributed by atoms with Crippen LogP contribution in [0.4, 0.5) is 0 Å². The minimum absolute atomic E-state index is 0. The second-order valence-corrected chi connectivity index (χ2v) is 7.07. The van der Waals surface area contributed by atoms with E-state index in [1.165, 1.54) is 0 Å². The van der Waals surface area contributed by atoms with Gasteiger partial charge in [-0.15, -0.1) is 0 Å². The van der Waals surface area contributed by atoms with E-state index in [9.17, 15) is 13.0 Å². The molecule has 2 rings (SSSR count). The average molecular weight is 319 g/mol. The lowest BCUT2D eigenvalue weighted by Crippen LogP contribution is -2.10. The quantitative estimate of drug-likeness (QED) is 0.697. The Morgan fingerprint density at radius 1 is 1.00 bits per heavy atom. The molecule has 0 bridgehead atoms. The summed E-state index contributed by atoms with van der Waals surface area (Å²) in [7, 11) is -4.26. The number of hydrogen-bond donors (Lipinski definition) is 1. The van der Waals surface area contributed by atoms with E-state index in [2.05, 4.69) is 0 Å². The molecule has 2 aromatic rings. The smallest absolute Gasteiger partial charge is 0.282 e. The molecule has 0 saturated carbocycles. The van der Waals surface area contributed by atoms with Gasteiger partial charge in [0.15, 0.2) is 0 Å². The van der Waals surface area contributed by atoms with Gasteiger partial charge in [-0.3, -0.25) is 4.55 Å². The molecular weight excluding hydrogens is 297 g/mol. The van der Waals surface area contributed by atoms with Gasteiger partial charge in [-0.1, -0.05) is 58.0 Å². The Bertz CT molecular complexity index is 749. The Morgan fingerprint density at radius 2 is 1.57 bits per heavy atom. The monoisotopic (exact) mass is 318 g/mol. The van der Waals surface area contributed by atoms with Gasteiger partial charge in [-0.05, 0) is 28.3 Å². The van der Waals surface area contributed by atoms with Crippen LogP contribution in [0, 0.1) is 0 Å². The van der Waals surface area contributed by atoms with Crippen LogP contribution in [0.15, 0.2) is 35.2 Å². The van der Waals surface area contributed by atoms with Crippen molar-refractivity contribution in [3.8, 4) is 0 Å². The summed E-state index contributed by atoms with van der Waals surface area (Å²) in [5.41, 5.74) is 1.70. The standard InChI is InChI=1S/C16H20O3S.Mg.2H/c1-10(2)14-9-12-7-5-6-8-13(12)16(20(17,18)19)15(14)11(3)4;;;/h5-11H,1-4H3,(H,17,18,19);;;. The van der Waals surface area contributed by atoms with Crippen LogP contribution in [0.3, 0.4) is 0 Å². The normalized spacial score (nSPS) is 12.0. The molecule has 0 saturated heterocycles. The molecule has 0 aliphatic rings. The minimum atomic E-state index is -4.26. The summed E-state index contributed by atoms with van der Waals surface area (Å²) < 4.78 is 33.5. The van der Waals surface area contributed by atoms with Crippen molar-refractivity contribution in [3.05, 3.63) is 41.5 Å². The van der Waals surface area contributed by atoms with E-state index in [0.717, 1.165) is 16.5 Å². The third-order valence-electron chi connectivity index (χ3n) is 3.53. The van der Waals surface area contributed by atoms with E-state index in [-0.39, 0.29) is 39.8 Å². The lowest BCUT2D eigenvalue weighted by atomic mass is 9.88. The predicted molar refractivity (Wildman–Crippen MR) is 90.5 cm³/mol. The Kier molecular flexibility index (Phi) is 5.83. The summed E-state index contributed by atoms with van der Waals surface area (Å²) in [4.78, 5) is 0.0642. The van der Waals surface area contributed by atoms with E-state index in [4.69, 9.17) is 0 Å². The molecule has 0 unspecified atom stereocenters. The maximum atomic E-state index is 11.9. The second-order valence-electron chi connectivity index (χ2n) is 5.71. The highest BCUT2D eigenvalue weighted by atomic mass is 32.2. The van der Waals surface area contributed by atoms with E-state index in [1.807, 2.05) is 45.9 Å². The van der Waals surface area contributed by atoms with Crippen molar-refractivity contribution in [2.75, 3.05) is 0 Å². The number of rotatable bonds is 3. The first-order valence-corrected chi connectivity index (χ1v) is 8.20. The maximum Gasteiger partial charge on any atom is 0.316 e. The van der Waals surface area contributed by atoms with Gasteiger partial charge >= 0.3 is 23.1 Å². The van der Waals surface area contributed by atoms with Gasteiger partial charge in [0.2, 0.25) is 0 Å². The summed E-state index contributed by atoms with van der Waals surface area (Å²) in [6, 6.07) is 9.31. The topological polar surface area (TPSA) is 54.4 Å². The Balaban J connectivity index is 0.00000220. The summed E-state index contributed by atoms with van der Waals surface area (Å²) in [5.74, 6) is 0.214. The first kappa shape index (κ1) is 18.4. The molecule has 0 fully saturated rings. The van der Waals surface area contributed by atoms with Crippen molar-refractivity contribution in [1.29, 1.82) is 0 Å². The number of fused-ring (bicyclic) bond motifs is 1. The Morgan fingerprint density at radius 3 is 2.05 bits per heavy atom. The van der Waals surface area contributed by atoms with Gasteiger partial charge < -0.3 is 0 Å². The molecule has 0 amide bonds. The third kappa shape index (κ3) is 3.59. The second kappa shape index (κ2) is 6.65. The lowest BCUT2D eigenvalue weighted by Gasteiger charge is -2.21. The van der Waals surface area contributed by atoms with Gasteiger partial charge in [0.05, 0.1) is 0 Å². The molecule has 112 valence electrons. The van der Waals surface area contributed by atoms with E-state index >= 15 is 0 Å². The molecule has 0 aliphatic carbocycles. The molecule has 0 heterocycles. The van der Waals surface area contributed by atoms with Crippen LogP contribution in [0.2, 0.25) is 0 Å². The fourth-order valence-electron chi connectivity index (χ4n) is 2.70. The summed E-state index contributed by atoms with van der Waals surface area (Å²) in [6.45, 7) is 7.96. The van der Waals surface area contributed by atoms with Crippen LogP contribution >= 0.6 is 0 Å². The molecule has 0 spiro atoms. The summed E-state index contributed by atoms with van der Waals surface area (Å²) >= 11 is 0. The Labute approximate surface area is 142 Å². The van der Waals surface area contributed by atoms with Crippen molar-refractivity contribution in [2.24, 2.45) is 0 Å². The highest BCUT2D eigenvalue weighted by Gasteiger charge is 2.25. The largest absolute Gasteiger partial charge is 0.316 e. The first-order chi connectivity index (χ1) is 9.23. The van der Waals surface area contributed by atoms with Gasteiger partial charge in [-0.2, -0.15) is 8.42 Å². The first-order valence-electron chi connectivity index (χ1n) is 6.76. The zero-order valence-electron chi connectivity index (χ0n) is 12.2. The average Bonchev–Trinajstić information content (AvgIpc) is 2.34. The molecule has 0 atom stereocenters. The van der Waals surface area contributed by atoms with Crippen LogP contribution in [-0.4, -0.2) is 36.0 Å². The van der Waals surface area contributed by atoms with E-state index < -0.39 is 10.1 Å². The third-order valence-corrected chi connectivity index (χ3v) is 4.49. The fourth-order valence-corrected chi connectivity index (χ4v) is 3.80. The molecule has 5 heteroatoms. The van der Waals surface area contributed by atoms with Gasteiger partial charge in [0.1, 0.15) is 4.90 Å². The van der Waals surface area contributed by atoms with Crippen LogP contribution in [0.1, 0.15) is 50.7 Å². The highest BCUT2D eigenvalue weighted by Crippen LogP contribution is 2.37. The number of hydrogen-bond acceptors (Lipinski definition) is 2. The van der Waals surface area contributed by atoms with Gasteiger partial charge in [-0.25, -0.2) is 0 Å². The minimum Gasteiger partial charge on any atom is -0.282 e. The zero-order valence-corrected chi connectivity index (χ0v) is 13.0. The Hall–Kier alpha value is -0.624. The number of benzene rings is 2. The molecule has 1 N–H and O–H groups in total. The fraction of sp³-hybridized carbons (Fsp3) is 0.375. The van der Waals surface area contributed by atoms with Crippen molar-refractivity contribution >= 4 is 43.9 Å². The van der Waals surface area contributed by atoms with Crippen molar-refractivity contribution in [2.45, 2.75) is 44.4 Å². The van der Waals surface area contributed by atoms with Crippen LogP contribution in [-0.2, 0) is 10.1 Å². The predicted octanol–water partition coefficient (Wildman–Crippen LogP) is 3.42. The molecule has 0 radical (unpaired) electrons. The van der Waals surface area contributed by atoms with Crippen LogP contribution in [0.25, 0.3) is 10.8 Å². The molecular formula is C16H22MgO3S. The van der Waals surface area contributed by atoms with E-state index in [0.29, 0.717) is 5.39 Å². The lowest BCUT2D eigenvalue weighted by molar-refractivity contribution is 0.482. The van der Waals surface area contributed by atoms with E-state index in [1.54, 1.807) is 12.1 Å². The van der Waals surface area contributed by atoms with Crippen molar-refractivity contribution < 1.29 is 13.0 Å². The maximum absolute atomic E-state index is 11.9.